The fraction of sp³-hybridized carbons (Fsp3) is 0.353. The molecule has 2 heterocycles. The summed E-state index contributed by atoms with van der Waals surface area (Å²) in [5.74, 6) is -0.682. The van der Waals surface area contributed by atoms with Crippen molar-refractivity contribution in [2.75, 3.05) is 25.0 Å². The number of piperazine rings is 1. The molecule has 0 saturated carbocycles. The summed E-state index contributed by atoms with van der Waals surface area (Å²) in [7, 11) is -1.99. The molecule has 2 amide bonds. The van der Waals surface area contributed by atoms with Crippen molar-refractivity contribution in [3.8, 4) is 0 Å². The molecule has 10 heteroatoms. The highest BCUT2D eigenvalue weighted by atomic mass is 32.2. The minimum absolute atomic E-state index is 0.0440. The van der Waals surface area contributed by atoms with Crippen molar-refractivity contribution < 1.29 is 18.0 Å². The summed E-state index contributed by atoms with van der Waals surface area (Å²) in [6.07, 6.45) is 0. The molecule has 0 unspecified atom stereocenters. The van der Waals surface area contributed by atoms with Crippen LogP contribution in [0.5, 0.6) is 0 Å². The second-order valence-electron chi connectivity index (χ2n) is 6.34. The molecule has 0 atom stereocenters. The Bertz CT molecular complexity index is 995. The Morgan fingerprint density at radius 3 is 2.44 bits per heavy atom. The van der Waals surface area contributed by atoms with Crippen LogP contribution in [0.25, 0.3) is 0 Å². The third-order valence-electron chi connectivity index (χ3n) is 4.51. The summed E-state index contributed by atoms with van der Waals surface area (Å²) in [6, 6.07) is 5.65. The van der Waals surface area contributed by atoms with Gasteiger partial charge in [-0.25, -0.2) is 8.42 Å². The number of hydrogen-bond acceptors (Lipinski definition) is 5. The van der Waals surface area contributed by atoms with E-state index in [2.05, 4.69) is 15.7 Å². The zero-order chi connectivity index (χ0) is 19.8. The largest absolute Gasteiger partial charge is 0.354 e. The molecule has 0 aliphatic carbocycles. The van der Waals surface area contributed by atoms with Crippen LogP contribution in [0.4, 0.5) is 5.69 Å². The Morgan fingerprint density at radius 2 is 1.89 bits per heavy atom. The second-order valence-corrected chi connectivity index (χ2v) is 8.27. The molecule has 1 saturated heterocycles. The zero-order valence-corrected chi connectivity index (χ0v) is 16.1. The molecule has 0 bridgehead atoms. The molecule has 1 aliphatic heterocycles. The summed E-state index contributed by atoms with van der Waals surface area (Å²) in [5.41, 5.74) is 2.49. The maximum atomic E-state index is 12.6. The minimum Gasteiger partial charge on any atom is -0.354 e. The van der Waals surface area contributed by atoms with Gasteiger partial charge in [-0.2, -0.15) is 9.40 Å². The van der Waals surface area contributed by atoms with Gasteiger partial charge in [-0.15, -0.1) is 0 Å². The topological polar surface area (TPSA) is 113 Å². The number of amides is 2. The number of rotatable bonds is 4. The summed E-state index contributed by atoms with van der Waals surface area (Å²) in [5, 5.41) is 9.64. The number of benzene rings is 1. The van der Waals surface area contributed by atoms with Gasteiger partial charge in [-0.3, -0.25) is 14.3 Å². The standard InChI is InChI=1S/C17H21N5O4S/c1-11-16(12(2)21(3)20-11)19-17(24)13-4-6-14(7-5-13)27(25,26)22-9-8-18-15(23)10-22/h4-7H,8-10H2,1-3H3,(H,18,23)(H,19,24). The average molecular weight is 391 g/mol. The monoisotopic (exact) mass is 391 g/mol. The van der Waals surface area contributed by atoms with Gasteiger partial charge in [0.05, 0.1) is 28.5 Å². The molecule has 1 aromatic heterocycles. The van der Waals surface area contributed by atoms with Gasteiger partial charge in [0.2, 0.25) is 15.9 Å². The lowest BCUT2D eigenvalue weighted by Gasteiger charge is -2.25. The molecule has 0 radical (unpaired) electrons. The first-order valence-electron chi connectivity index (χ1n) is 8.38. The molecule has 1 fully saturated rings. The summed E-state index contributed by atoms with van der Waals surface area (Å²) >= 11 is 0. The van der Waals surface area contributed by atoms with Crippen molar-refractivity contribution in [3.05, 3.63) is 41.2 Å². The number of nitrogens with zero attached hydrogens (tertiary/aromatic N) is 3. The number of anilines is 1. The van der Waals surface area contributed by atoms with Crippen LogP contribution in [0.2, 0.25) is 0 Å². The highest BCUT2D eigenvalue weighted by Gasteiger charge is 2.29. The summed E-state index contributed by atoms with van der Waals surface area (Å²) in [4.78, 5) is 24.0. The van der Waals surface area contributed by atoms with Crippen LogP contribution in [-0.2, 0) is 21.9 Å². The van der Waals surface area contributed by atoms with E-state index in [-0.39, 0.29) is 36.3 Å². The van der Waals surface area contributed by atoms with E-state index in [4.69, 9.17) is 0 Å². The van der Waals surface area contributed by atoms with Crippen LogP contribution in [0.1, 0.15) is 21.7 Å². The van der Waals surface area contributed by atoms with Crippen molar-refractivity contribution in [2.45, 2.75) is 18.7 Å². The molecule has 3 rings (SSSR count). The van der Waals surface area contributed by atoms with Crippen molar-refractivity contribution >= 4 is 27.5 Å². The SMILES string of the molecule is Cc1nn(C)c(C)c1NC(=O)c1ccc(S(=O)(=O)N2CCNC(=O)C2)cc1. The number of aromatic nitrogens is 2. The molecule has 1 aromatic carbocycles. The summed E-state index contributed by atoms with van der Waals surface area (Å²) < 4.78 is 28.1. The number of sulfonamides is 1. The van der Waals surface area contributed by atoms with Crippen molar-refractivity contribution in [1.82, 2.24) is 19.4 Å². The van der Waals surface area contributed by atoms with Crippen LogP contribution in [-0.4, -0.2) is 54.0 Å². The third-order valence-corrected chi connectivity index (χ3v) is 6.36. The average Bonchev–Trinajstić information content (AvgIpc) is 2.88. The van der Waals surface area contributed by atoms with E-state index < -0.39 is 10.0 Å². The molecule has 9 nitrogen and oxygen atoms in total. The van der Waals surface area contributed by atoms with Crippen LogP contribution in [0, 0.1) is 13.8 Å². The Kier molecular flexibility index (Phi) is 5.03. The first-order chi connectivity index (χ1) is 12.7. The van der Waals surface area contributed by atoms with Crippen LogP contribution >= 0.6 is 0 Å². The molecular weight excluding hydrogens is 370 g/mol. The maximum absolute atomic E-state index is 12.6. The van der Waals surface area contributed by atoms with Gasteiger partial charge in [0.1, 0.15) is 0 Å². The van der Waals surface area contributed by atoms with Gasteiger partial charge in [0.15, 0.2) is 0 Å². The van der Waals surface area contributed by atoms with E-state index in [1.807, 2.05) is 6.92 Å². The number of carbonyl (C=O) groups is 2. The molecule has 1 aliphatic rings. The Balaban J connectivity index is 1.78. The minimum atomic E-state index is -3.78. The fourth-order valence-electron chi connectivity index (χ4n) is 2.89. The van der Waals surface area contributed by atoms with E-state index in [9.17, 15) is 18.0 Å². The Labute approximate surface area is 157 Å². The molecule has 0 spiro atoms. The van der Waals surface area contributed by atoms with Gasteiger partial charge in [0, 0.05) is 25.7 Å². The van der Waals surface area contributed by atoms with Crippen LogP contribution in [0.3, 0.4) is 0 Å². The number of hydrogen-bond donors (Lipinski definition) is 2. The number of aryl methyl sites for hydroxylation is 2. The lowest BCUT2D eigenvalue weighted by molar-refractivity contribution is -0.122. The lowest BCUT2D eigenvalue weighted by atomic mass is 10.2. The molecule has 144 valence electrons. The first kappa shape index (κ1) is 19.1. The van der Waals surface area contributed by atoms with E-state index in [1.165, 1.54) is 24.3 Å². The van der Waals surface area contributed by atoms with Crippen molar-refractivity contribution in [1.29, 1.82) is 0 Å². The van der Waals surface area contributed by atoms with Gasteiger partial charge < -0.3 is 10.6 Å². The van der Waals surface area contributed by atoms with E-state index >= 15 is 0 Å². The zero-order valence-electron chi connectivity index (χ0n) is 15.3. The normalized spacial score (nSPS) is 15.4. The smallest absolute Gasteiger partial charge is 0.255 e. The van der Waals surface area contributed by atoms with Gasteiger partial charge in [0.25, 0.3) is 5.91 Å². The van der Waals surface area contributed by atoms with E-state index in [0.29, 0.717) is 16.9 Å². The third kappa shape index (κ3) is 3.71. The van der Waals surface area contributed by atoms with Crippen molar-refractivity contribution in [3.63, 3.8) is 0 Å². The highest BCUT2D eigenvalue weighted by molar-refractivity contribution is 7.89. The Hall–Kier alpha value is -2.72. The summed E-state index contributed by atoms with van der Waals surface area (Å²) in [6.45, 7) is 3.94. The second kappa shape index (κ2) is 7.12. The van der Waals surface area contributed by atoms with E-state index in [0.717, 1.165) is 10.00 Å². The van der Waals surface area contributed by atoms with Gasteiger partial charge in [-0.05, 0) is 38.1 Å². The lowest BCUT2D eigenvalue weighted by Crippen LogP contribution is -2.49. The molecule has 2 aromatic rings. The van der Waals surface area contributed by atoms with Gasteiger partial charge in [-0.1, -0.05) is 0 Å². The predicted molar refractivity (Wildman–Crippen MR) is 98.8 cm³/mol. The number of nitrogens with one attached hydrogen (secondary N) is 2. The first-order valence-corrected chi connectivity index (χ1v) is 9.82. The van der Waals surface area contributed by atoms with Gasteiger partial charge >= 0.3 is 0 Å². The maximum Gasteiger partial charge on any atom is 0.255 e. The Morgan fingerprint density at radius 1 is 1.22 bits per heavy atom. The highest BCUT2D eigenvalue weighted by Crippen LogP contribution is 2.21. The molecule has 2 N–H and O–H groups in total. The predicted octanol–water partition coefficient (Wildman–Crippen LogP) is 0.410. The number of carbonyl (C=O) groups excluding carboxylic acids is 2. The van der Waals surface area contributed by atoms with Crippen LogP contribution < -0.4 is 10.6 Å². The van der Waals surface area contributed by atoms with E-state index in [1.54, 1.807) is 18.7 Å². The van der Waals surface area contributed by atoms with Crippen molar-refractivity contribution in [2.24, 2.45) is 7.05 Å². The molecular formula is C17H21N5O4S. The molecule has 27 heavy (non-hydrogen) atoms. The van der Waals surface area contributed by atoms with Crippen LogP contribution in [0.15, 0.2) is 29.2 Å². The fourth-order valence-corrected chi connectivity index (χ4v) is 4.28. The quantitative estimate of drug-likeness (QED) is 0.784.